The monoisotopic (exact) mass is 532 g/mol. The standard InChI is InChI=1S/C16H7F15O3/c17-10(18,9(33)34-6-8(32)7-4-2-1-3-5-7)11(19,20)12(21,22)13(23,24)14(25,26)15(27,28)16(29,30)31/h1-5H,6H2. The zero-order valence-corrected chi connectivity index (χ0v) is 15.5. The summed E-state index contributed by atoms with van der Waals surface area (Å²) in [5, 5.41) is 0. The van der Waals surface area contributed by atoms with Crippen LogP contribution in [0.3, 0.4) is 0 Å². The minimum atomic E-state index is -8.52. The maximum absolute atomic E-state index is 13.6. The summed E-state index contributed by atoms with van der Waals surface area (Å²) in [6.07, 6.45) is -7.73. The fourth-order valence-electron chi connectivity index (χ4n) is 2.02. The second kappa shape index (κ2) is 8.51. The number of alkyl halides is 15. The van der Waals surface area contributed by atoms with Gasteiger partial charge in [0.25, 0.3) is 0 Å². The molecule has 0 aliphatic carbocycles. The van der Waals surface area contributed by atoms with Crippen LogP contribution in [0.5, 0.6) is 0 Å². The van der Waals surface area contributed by atoms with Crippen molar-refractivity contribution in [1.82, 2.24) is 0 Å². The molecule has 34 heavy (non-hydrogen) atoms. The van der Waals surface area contributed by atoms with Crippen molar-refractivity contribution in [2.24, 2.45) is 0 Å². The molecular formula is C16H7F15O3. The van der Waals surface area contributed by atoms with Crippen molar-refractivity contribution in [1.29, 1.82) is 0 Å². The largest absolute Gasteiger partial charge is 0.460 e. The minimum Gasteiger partial charge on any atom is -0.453 e. The van der Waals surface area contributed by atoms with Gasteiger partial charge in [-0.3, -0.25) is 4.79 Å². The molecule has 3 nitrogen and oxygen atoms in total. The number of carbonyl (C=O) groups excluding carboxylic acids is 2. The summed E-state index contributed by atoms with van der Waals surface area (Å²) >= 11 is 0. The topological polar surface area (TPSA) is 43.4 Å². The molecule has 0 amide bonds. The zero-order valence-electron chi connectivity index (χ0n) is 15.5. The highest BCUT2D eigenvalue weighted by atomic mass is 19.4. The Labute approximate surface area is 177 Å². The van der Waals surface area contributed by atoms with Gasteiger partial charge in [0.15, 0.2) is 12.4 Å². The molecule has 0 aliphatic heterocycles. The van der Waals surface area contributed by atoms with Crippen LogP contribution in [0.25, 0.3) is 0 Å². The summed E-state index contributed by atoms with van der Waals surface area (Å²) in [7, 11) is 0. The van der Waals surface area contributed by atoms with Crippen molar-refractivity contribution in [3.63, 3.8) is 0 Å². The van der Waals surface area contributed by atoms with Crippen LogP contribution in [-0.4, -0.2) is 60.1 Å². The van der Waals surface area contributed by atoms with E-state index in [2.05, 4.69) is 4.74 Å². The van der Waals surface area contributed by atoms with Gasteiger partial charge in [-0.2, -0.15) is 65.9 Å². The van der Waals surface area contributed by atoms with Crippen molar-refractivity contribution in [3.8, 4) is 0 Å². The highest BCUT2D eigenvalue weighted by Gasteiger charge is 2.94. The Bertz CT molecular complexity index is 906. The molecule has 0 heterocycles. The van der Waals surface area contributed by atoms with Gasteiger partial charge in [0, 0.05) is 5.56 Å². The molecule has 0 fully saturated rings. The lowest BCUT2D eigenvalue weighted by molar-refractivity contribution is -0.450. The summed E-state index contributed by atoms with van der Waals surface area (Å²) in [5.74, 6) is -54.1. The van der Waals surface area contributed by atoms with E-state index in [-0.39, 0.29) is 0 Å². The highest BCUT2D eigenvalue weighted by Crippen LogP contribution is 2.62. The lowest BCUT2D eigenvalue weighted by Gasteiger charge is -2.40. The van der Waals surface area contributed by atoms with Crippen LogP contribution in [0.4, 0.5) is 65.9 Å². The molecule has 1 rings (SSSR count). The van der Waals surface area contributed by atoms with Crippen LogP contribution < -0.4 is 0 Å². The van der Waals surface area contributed by atoms with E-state index in [1.54, 1.807) is 0 Å². The van der Waals surface area contributed by atoms with Crippen LogP contribution in [0.15, 0.2) is 30.3 Å². The molecule has 0 saturated carbocycles. The average Bonchev–Trinajstić information content (AvgIpc) is 2.70. The molecule has 0 spiro atoms. The van der Waals surface area contributed by atoms with Gasteiger partial charge in [0.05, 0.1) is 0 Å². The summed E-state index contributed by atoms with van der Waals surface area (Å²) in [5.41, 5.74) is -0.434. The second-order valence-electron chi connectivity index (χ2n) is 6.31. The van der Waals surface area contributed by atoms with Crippen molar-refractivity contribution in [2.45, 2.75) is 41.7 Å². The molecule has 0 aromatic heterocycles. The summed E-state index contributed by atoms with van der Waals surface area (Å²) in [6.45, 7) is -1.90. The Kier molecular flexibility index (Phi) is 7.35. The van der Waals surface area contributed by atoms with Crippen LogP contribution in [0.2, 0.25) is 0 Å². The summed E-state index contributed by atoms with van der Waals surface area (Å²) in [4.78, 5) is 22.7. The van der Waals surface area contributed by atoms with Crippen molar-refractivity contribution in [2.75, 3.05) is 6.61 Å². The molecule has 1 aromatic rings. The Balaban J connectivity index is 3.32. The number of rotatable bonds is 9. The number of ether oxygens (including phenoxy) is 1. The first-order valence-electron chi connectivity index (χ1n) is 8.00. The Morgan fingerprint density at radius 1 is 0.588 bits per heavy atom. The van der Waals surface area contributed by atoms with Gasteiger partial charge in [-0.05, 0) is 0 Å². The van der Waals surface area contributed by atoms with E-state index in [0.29, 0.717) is 0 Å². The van der Waals surface area contributed by atoms with Gasteiger partial charge in [-0.25, -0.2) is 4.79 Å². The number of hydrogen-bond donors (Lipinski definition) is 0. The van der Waals surface area contributed by atoms with Gasteiger partial charge < -0.3 is 4.74 Å². The number of hydrogen-bond acceptors (Lipinski definition) is 3. The van der Waals surface area contributed by atoms with Gasteiger partial charge in [-0.1, -0.05) is 30.3 Å². The minimum absolute atomic E-state index is 0.434. The van der Waals surface area contributed by atoms with Crippen LogP contribution in [-0.2, 0) is 9.53 Å². The predicted molar refractivity (Wildman–Crippen MR) is 77.5 cm³/mol. The number of halogens is 15. The number of esters is 1. The number of ketones is 1. The molecule has 0 aliphatic rings. The molecule has 0 bridgehead atoms. The molecule has 0 radical (unpaired) electrons. The van der Waals surface area contributed by atoms with Crippen molar-refractivity contribution in [3.05, 3.63) is 35.9 Å². The molecule has 0 saturated heterocycles. The molecular weight excluding hydrogens is 525 g/mol. The maximum Gasteiger partial charge on any atom is 0.460 e. The lowest BCUT2D eigenvalue weighted by atomic mass is 9.91. The normalized spacial score (nSPS) is 14.7. The van der Waals surface area contributed by atoms with E-state index >= 15 is 0 Å². The van der Waals surface area contributed by atoms with E-state index in [0.717, 1.165) is 24.3 Å². The first-order valence-corrected chi connectivity index (χ1v) is 8.00. The van der Waals surface area contributed by atoms with E-state index in [4.69, 9.17) is 0 Å². The lowest BCUT2D eigenvalue weighted by Crippen LogP contribution is -2.73. The second-order valence-corrected chi connectivity index (χ2v) is 6.31. The average molecular weight is 532 g/mol. The third-order valence-corrected chi connectivity index (χ3v) is 4.01. The van der Waals surface area contributed by atoms with Crippen LogP contribution >= 0.6 is 0 Å². The summed E-state index contributed by atoms with van der Waals surface area (Å²) in [6, 6.07) is 5.49. The van der Waals surface area contributed by atoms with E-state index in [1.165, 1.54) is 6.07 Å². The van der Waals surface area contributed by atoms with Gasteiger partial charge >= 0.3 is 47.7 Å². The van der Waals surface area contributed by atoms with E-state index in [9.17, 15) is 75.4 Å². The third-order valence-electron chi connectivity index (χ3n) is 4.01. The number of Topliss-reactive ketones (excluding diaryl/α,β-unsaturated/α-hetero) is 1. The fraction of sp³-hybridized carbons (Fsp3) is 0.500. The number of benzene rings is 1. The Morgan fingerprint density at radius 2 is 0.971 bits per heavy atom. The van der Waals surface area contributed by atoms with Gasteiger partial charge in [0.1, 0.15) is 0 Å². The predicted octanol–water partition coefficient (Wildman–Crippen LogP) is 5.79. The molecule has 18 heteroatoms. The van der Waals surface area contributed by atoms with Crippen LogP contribution in [0.1, 0.15) is 10.4 Å². The highest BCUT2D eigenvalue weighted by molar-refractivity contribution is 5.98. The molecule has 0 unspecified atom stereocenters. The number of carbonyl (C=O) groups is 2. The fourth-order valence-corrected chi connectivity index (χ4v) is 2.02. The SMILES string of the molecule is O=C(COC(=O)C(F)(F)C(F)(F)C(F)(F)C(F)(F)C(F)(F)C(F)(F)C(F)(F)F)c1ccccc1. The maximum atomic E-state index is 13.6. The third kappa shape index (κ3) is 4.25. The first-order chi connectivity index (χ1) is 14.9. The first kappa shape index (κ1) is 29.3. The van der Waals surface area contributed by atoms with Crippen molar-refractivity contribution < 1.29 is 80.2 Å². The Morgan fingerprint density at radius 3 is 1.38 bits per heavy atom. The smallest absolute Gasteiger partial charge is 0.453 e. The zero-order chi connectivity index (χ0) is 27.2. The Hall–Kier alpha value is -2.69. The van der Waals surface area contributed by atoms with E-state index < -0.39 is 65.6 Å². The van der Waals surface area contributed by atoms with Gasteiger partial charge in [-0.15, -0.1) is 0 Å². The van der Waals surface area contributed by atoms with Gasteiger partial charge in [0.2, 0.25) is 0 Å². The quantitative estimate of drug-likeness (QED) is 0.230. The molecule has 1 aromatic carbocycles. The summed E-state index contributed by atoms with van der Waals surface area (Å²) < 4.78 is 199. The van der Waals surface area contributed by atoms with Crippen molar-refractivity contribution >= 4 is 11.8 Å². The van der Waals surface area contributed by atoms with Crippen LogP contribution in [0, 0.1) is 0 Å². The molecule has 0 atom stereocenters. The molecule has 194 valence electrons. The molecule has 0 N–H and O–H groups in total. The van der Waals surface area contributed by atoms with E-state index in [1.807, 2.05) is 0 Å².